The third-order valence-corrected chi connectivity index (χ3v) is 4.32. The second-order valence-electron chi connectivity index (χ2n) is 5.83. The van der Waals surface area contributed by atoms with Crippen molar-refractivity contribution in [3.05, 3.63) is 64.5 Å². The van der Waals surface area contributed by atoms with Crippen LogP contribution in [0.15, 0.2) is 42.0 Å². The minimum Gasteiger partial charge on any atom is -0.281 e. The molecule has 0 aliphatic heterocycles. The van der Waals surface area contributed by atoms with Crippen LogP contribution in [0.1, 0.15) is 41.3 Å². The number of nitrogens with zero attached hydrogens (tertiary/aromatic N) is 1. The van der Waals surface area contributed by atoms with Gasteiger partial charge in [-0.3, -0.25) is 15.4 Å². The van der Waals surface area contributed by atoms with Gasteiger partial charge in [-0.1, -0.05) is 42.5 Å². The number of hydroxylamine groups is 1. The number of aromatic amines is 1. The van der Waals surface area contributed by atoms with E-state index < -0.39 is 0 Å². The van der Waals surface area contributed by atoms with Crippen molar-refractivity contribution in [2.45, 2.75) is 25.2 Å². The molecular formula is C18H19N3O. The van der Waals surface area contributed by atoms with Crippen LogP contribution in [-0.4, -0.2) is 17.3 Å². The molecule has 4 heteroatoms. The minimum atomic E-state index is 0.411. The molecule has 0 saturated heterocycles. The molecule has 4 rings (SSSR count). The molecule has 1 saturated carbocycles. The maximum absolute atomic E-state index is 5.12. The number of rotatable bonds is 4. The molecule has 1 fully saturated rings. The van der Waals surface area contributed by atoms with E-state index in [-0.39, 0.29) is 0 Å². The molecule has 0 radical (unpaired) electrons. The quantitative estimate of drug-likeness (QED) is 0.849. The molecular weight excluding hydrogens is 274 g/mol. The van der Waals surface area contributed by atoms with Crippen molar-refractivity contribution >= 4 is 11.8 Å². The van der Waals surface area contributed by atoms with E-state index in [1.807, 2.05) is 0 Å². The first-order valence-electron chi connectivity index (χ1n) is 7.68. The van der Waals surface area contributed by atoms with E-state index in [1.165, 1.54) is 22.4 Å². The van der Waals surface area contributed by atoms with Crippen LogP contribution in [0.2, 0.25) is 0 Å². The zero-order valence-corrected chi connectivity index (χ0v) is 12.6. The van der Waals surface area contributed by atoms with E-state index in [4.69, 9.17) is 4.84 Å². The molecule has 2 aliphatic rings. The number of aromatic nitrogens is 2. The zero-order chi connectivity index (χ0) is 14.9. The molecule has 2 N–H and O–H groups in total. The van der Waals surface area contributed by atoms with E-state index in [0.717, 1.165) is 30.7 Å². The third-order valence-electron chi connectivity index (χ3n) is 4.32. The van der Waals surface area contributed by atoms with Gasteiger partial charge in [0, 0.05) is 23.6 Å². The lowest BCUT2D eigenvalue weighted by atomic mass is 9.87. The van der Waals surface area contributed by atoms with Crippen molar-refractivity contribution in [3.63, 3.8) is 0 Å². The molecule has 0 amide bonds. The van der Waals surface area contributed by atoms with Crippen LogP contribution in [0.4, 0.5) is 0 Å². The van der Waals surface area contributed by atoms with Gasteiger partial charge in [-0.15, -0.1) is 0 Å². The summed E-state index contributed by atoms with van der Waals surface area (Å²) in [6, 6.07) is 10.6. The van der Waals surface area contributed by atoms with Crippen LogP contribution in [0.3, 0.4) is 0 Å². The largest absolute Gasteiger partial charge is 0.281 e. The summed E-state index contributed by atoms with van der Waals surface area (Å²) in [6.45, 7) is 0. The fourth-order valence-electron chi connectivity index (χ4n) is 3.04. The van der Waals surface area contributed by atoms with Gasteiger partial charge in [-0.05, 0) is 24.0 Å². The predicted octanol–water partition coefficient (Wildman–Crippen LogP) is 3.42. The van der Waals surface area contributed by atoms with Gasteiger partial charge in [-0.2, -0.15) is 5.10 Å². The van der Waals surface area contributed by atoms with Crippen molar-refractivity contribution in [2.75, 3.05) is 7.11 Å². The van der Waals surface area contributed by atoms with Crippen molar-refractivity contribution in [1.82, 2.24) is 15.7 Å². The molecule has 1 aromatic heterocycles. The van der Waals surface area contributed by atoms with E-state index in [9.17, 15) is 0 Å². The average molecular weight is 293 g/mol. The zero-order valence-electron chi connectivity index (χ0n) is 12.6. The van der Waals surface area contributed by atoms with Gasteiger partial charge in [0.1, 0.15) is 5.69 Å². The number of allylic oxidation sites excluding steroid dienone is 2. The van der Waals surface area contributed by atoms with E-state index in [1.54, 1.807) is 7.11 Å². The summed E-state index contributed by atoms with van der Waals surface area (Å²) in [7, 11) is 1.64. The van der Waals surface area contributed by atoms with Gasteiger partial charge in [-0.25, -0.2) is 0 Å². The Hall–Kier alpha value is -2.33. The topological polar surface area (TPSA) is 49.9 Å². The molecule has 0 spiro atoms. The molecule has 0 bridgehead atoms. The van der Waals surface area contributed by atoms with Gasteiger partial charge >= 0.3 is 0 Å². The summed E-state index contributed by atoms with van der Waals surface area (Å²) >= 11 is 0. The Bertz CT molecular complexity index is 737. The van der Waals surface area contributed by atoms with Crippen molar-refractivity contribution < 1.29 is 4.84 Å². The first kappa shape index (κ1) is 13.3. The number of hydrogen-bond donors (Lipinski definition) is 2. The molecule has 1 unspecified atom stereocenters. The van der Waals surface area contributed by atoms with Gasteiger partial charge in [0.15, 0.2) is 0 Å². The van der Waals surface area contributed by atoms with Gasteiger partial charge in [0.2, 0.25) is 0 Å². The first-order valence-corrected chi connectivity index (χ1v) is 7.68. The number of hydrogen-bond acceptors (Lipinski definition) is 3. The van der Waals surface area contributed by atoms with Crippen LogP contribution in [0, 0.1) is 0 Å². The van der Waals surface area contributed by atoms with E-state index in [0.29, 0.717) is 5.92 Å². The van der Waals surface area contributed by atoms with Crippen LogP contribution in [0.25, 0.3) is 11.8 Å². The molecule has 1 heterocycles. The Morgan fingerprint density at radius 2 is 2.09 bits per heavy atom. The monoisotopic (exact) mass is 293 g/mol. The van der Waals surface area contributed by atoms with Gasteiger partial charge in [0.25, 0.3) is 0 Å². The molecule has 1 atom stereocenters. The second-order valence-corrected chi connectivity index (χ2v) is 5.83. The van der Waals surface area contributed by atoms with E-state index in [2.05, 4.69) is 58.2 Å². The van der Waals surface area contributed by atoms with Gasteiger partial charge in [0.05, 0.1) is 12.8 Å². The smallest absolute Gasteiger partial charge is 0.118 e. The maximum Gasteiger partial charge on any atom is 0.118 e. The van der Waals surface area contributed by atoms with Crippen molar-refractivity contribution in [2.24, 2.45) is 0 Å². The number of nitrogens with one attached hydrogen (secondary N) is 2. The van der Waals surface area contributed by atoms with Crippen LogP contribution in [-0.2, 0) is 11.3 Å². The molecule has 4 nitrogen and oxygen atoms in total. The normalized spacial score (nSPS) is 19.0. The van der Waals surface area contributed by atoms with Crippen LogP contribution in [0.5, 0.6) is 0 Å². The minimum absolute atomic E-state index is 0.411. The summed E-state index contributed by atoms with van der Waals surface area (Å²) in [6.07, 6.45) is 7.68. The van der Waals surface area contributed by atoms with Crippen molar-refractivity contribution in [3.8, 4) is 0 Å². The summed E-state index contributed by atoms with van der Waals surface area (Å²) in [5, 5.41) is 7.75. The fourth-order valence-corrected chi connectivity index (χ4v) is 3.04. The summed E-state index contributed by atoms with van der Waals surface area (Å²) in [4.78, 5) is 5.12. The standard InChI is InChI=1S/C18H19N3O/c1-22-21-17(13-7-8-13)18-15-10-9-14(11-16(15)19-20-18)12-5-3-2-4-6-12/h2-6,9-10,14,21H,7-8,11H2,1H3,(H,19,20). The summed E-state index contributed by atoms with van der Waals surface area (Å²) in [5.74, 6) is 0.411. The molecule has 1 aromatic carbocycles. The van der Waals surface area contributed by atoms with Crippen molar-refractivity contribution in [1.29, 1.82) is 0 Å². The Morgan fingerprint density at radius 3 is 2.82 bits per heavy atom. The Morgan fingerprint density at radius 1 is 1.27 bits per heavy atom. The van der Waals surface area contributed by atoms with Crippen LogP contribution >= 0.6 is 0 Å². The number of benzene rings is 1. The Labute approximate surface area is 129 Å². The molecule has 22 heavy (non-hydrogen) atoms. The molecule has 112 valence electrons. The average Bonchev–Trinajstić information content (AvgIpc) is 3.33. The fraction of sp³-hybridized carbons (Fsp3) is 0.278. The predicted molar refractivity (Wildman–Crippen MR) is 86.8 cm³/mol. The highest BCUT2D eigenvalue weighted by Crippen LogP contribution is 2.38. The lowest BCUT2D eigenvalue weighted by molar-refractivity contribution is 0.136. The maximum atomic E-state index is 5.12. The lowest BCUT2D eigenvalue weighted by Gasteiger charge is -2.17. The summed E-state index contributed by atoms with van der Waals surface area (Å²) in [5.41, 5.74) is 10.1. The second kappa shape index (κ2) is 5.46. The van der Waals surface area contributed by atoms with Gasteiger partial charge < -0.3 is 0 Å². The number of fused-ring (bicyclic) bond motifs is 1. The highest BCUT2D eigenvalue weighted by Gasteiger charge is 2.26. The Balaban J connectivity index is 1.66. The lowest BCUT2D eigenvalue weighted by Crippen LogP contribution is -2.12. The van der Waals surface area contributed by atoms with E-state index >= 15 is 0 Å². The van der Waals surface area contributed by atoms with Crippen LogP contribution < -0.4 is 5.48 Å². The highest BCUT2D eigenvalue weighted by molar-refractivity contribution is 5.76. The Kier molecular flexibility index (Phi) is 3.31. The summed E-state index contributed by atoms with van der Waals surface area (Å²) < 4.78 is 0. The molecule has 2 aliphatic carbocycles. The molecule has 2 aromatic rings. The highest BCUT2D eigenvalue weighted by atomic mass is 16.6. The first-order chi connectivity index (χ1) is 10.9. The SMILES string of the molecule is CONC(=C1CC1)c1n[nH]c2c1C=CC(c1ccccc1)C2. The third kappa shape index (κ3) is 2.35. The number of H-pyrrole nitrogens is 1.